The van der Waals surface area contributed by atoms with Gasteiger partial charge in [0.1, 0.15) is 5.58 Å². The second-order valence-corrected chi connectivity index (χ2v) is 6.60. The van der Waals surface area contributed by atoms with Gasteiger partial charge in [0.2, 0.25) is 0 Å². The highest BCUT2D eigenvalue weighted by Crippen LogP contribution is 2.39. The molecule has 0 bridgehead atoms. The van der Waals surface area contributed by atoms with Crippen molar-refractivity contribution in [3.8, 4) is 11.5 Å². The van der Waals surface area contributed by atoms with Gasteiger partial charge in [-0.1, -0.05) is 36.4 Å². The SMILES string of the molecule is CCOC(=O)CSc1c(-c2cc3ccccc3o2)[nH]c2ccccc12. The Bertz CT molecular complexity index is 1010. The summed E-state index contributed by atoms with van der Waals surface area (Å²) < 4.78 is 11.1. The summed E-state index contributed by atoms with van der Waals surface area (Å²) in [6, 6.07) is 18.0. The van der Waals surface area contributed by atoms with Crippen LogP contribution >= 0.6 is 11.8 Å². The monoisotopic (exact) mass is 351 g/mol. The summed E-state index contributed by atoms with van der Waals surface area (Å²) in [6.45, 7) is 2.21. The van der Waals surface area contributed by atoms with Gasteiger partial charge in [-0.2, -0.15) is 0 Å². The quantitative estimate of drug-likeness (QED) is 0.395. The van der Waals surface area contributed by atoms with Gasteiger partial charge in [0.05, 0.1) is 18.1 Å². The summed E-state index contributed by atoms with van der Waals surface area (Å²) in [6.07, 6.45) is 0. The topological polar surface area (TPSA) is 55.2 Å². The van der Waals surface area contributed by atoms with Crippen LogP contribution in [0.25, 0.3) is 33.3 Å². The highest BCUT2D eigenvalue weighted by atomic mass is 32.2. The Labute approximate surface area is 149 Å². The molecule has 4 aromatic rings. The van der Waals surface area contributed by atoms with Gasteiger partial charge in [-0.25, -0.2) is 0 Å². The Hall–Kier alpha value is -2.66. The smallest absolute Gasteiger partial charge is 0.316 e. The van der Waals surface area contributed by atoms with Gasteiger partial charge in [-0.3, -0.25) is 4.79 Å². The average molecular weight is 351 g/mol. The molecule has 126 valence electrons. The number of furan rings is 1. The first-order chi connectivity index (χ1) is 12.3. The van der Waals surface area contributed by atoms with Crippen LogP contribution in [0.2, 0.25) is 0 Å². The van der Waals surface area contributed by atoms with Crippen molar-refractivity contribution in [2.24, 2.45) is 0 Å². The lowest BCUT2D eigenvalue weighted by molar-refractivity contribution is -0.139. The molecule has 0 aliphatic heterocycles. The van der Waals surface area contributed by atoms with E-state index in [1.165, 1.54) is 11.8 Å². The number of esters is 1. The number of hydrogen-bond donors (Lipinski definition) is 1. The van der Waals surface area contributed by atoms with Crippen LogP contribution in [-0.4, -0.2) is 23.3 Å². The number of para-hydroxylation sites is 2. The van der Waals surface area contributed by atoms with Crippen molar-refractivity contribution in [2.45, 2.75) is 11.8 Å². The Morgan fingerprint density at radius 3 is 2.80 bits per heavy atom. The van der Waals surface area contributed by atoms with E-state index in [9.17, 15) is 4.79 Å². The number of hydrogen-bond acceptors (Lipinski definition) is 4. The van der Waals surface area contributed by atoms with Crippen molar-refractivity contribution in [2.75, 3.05) is 12.4 Å². The van der Waals surface area contributed by atoms with E-state index < -0.39 is 0 Å². The molecule has 25 heavy (non-hydrogen) atoms. The molecule has 0 unspecified atom stereocenters. The maximum atomic E-state index is 11.8. The largest absolute Gasteiger partial charge is 0.465 e. The Kier molecular flexibility index (Phi) is 4.24. The fourth-order valence-corrected chi connectivity index (χ4v) is 3.85. The summed E-state index contributed by atoms with van der Waals surface area (Å²) in [5.41, 5.74) is 2.76. The molecule has 2 aromatic carbocycles. The number of aromatic nitrogens is 1. The van der Waals surface area contributed by atoms with Crippen molar-refractivity contribution in [3.63, 3.8) is 0 Å². The molecule has 0 saturated heterocycles. The Morgan fingerprint density at radius 1 is 1.16 bits per heavy atom. The fraction of sp³-hybridized carbons (Fsp3) is 0.150. The molecule has 0 fully saturated rings. The van der Waals surface area contributed by atoms with Crippen LogP contribution in [0.5, 0.6) is 0 Å². The van der Waals surface area contributed by atoms with E-state index in [0.717, 1.165) is 38.2 Å². The molecule has 4 nitrogen and oxygen atoms in total. The lowest BCUT2D eigenvalue weighted by atomic mass is 10.2. The fourth-order valence-electron chi connectivity index (χ4n) is 2.88. The Balaban J connectivity index is 1.79. The highest BCUT2D eigenvalue weighted by Gasteiger charge is 2.18. The van der Waals surface area contributed by atoms with Crippen molar-refractivity contribution in [1.29, 1.82) is 0 Å². The first kappa shape index (κ1) is 15.8. The molecule has 1 N–H and O–H groups in total. The summed E-state index contributed by atoms with van der Waals surface area (Å²) in [5, 5.41) is 2.13. The third-order valence-corrected chi connectivity index (χ3v) is 5.06. The first-order valence-corrected chi connectivity index (χ1v) is 9.13. The van der Waals surface area contributed by atoms with Crippen LogP contribution in [0.1, 0.15) is 6.92 Å². The van der Waals surface area contributed by atoms with Gasteiger partial charge in [0, 0.05) is 21.2 Å². The number of benzene rings is 2. The third kappa shape index (κ3) is 3.03. The minimum absolute atomic E-state index is 0.215. The van der Waals surface area contributed by atoms with Crippen molar-refractivity contribution in [3.05, 3.63) is 54.6 Å². The number of thioether (sulfide) groups is 1. The Morgan fingerprint density at radius 2 is 1.96 bits per heavy atom. The molecule has 4 rings (SSSR count). The maximum Gasteiger partial charge on any atom is 0.316 e. The van der Waals surface area contributed by atoms with E-state index in [2.05, 4.69) is 4.98 Å². The molecule has 0 aliphatic carbocycles. The molecule has 0 radical (unpaired) electrons. The molecule has 0 aliphatic rings. The first-order valence-electron chi connectivity index (χ1n) is 8.14. The molecule has 2 aromatic heterocycles. The summed E-state index contributed by atoms with van der Waals surface area (Å²) >= 11 is 1.47. The number of carbonyl (C=O) groups is 1. The number of aromatic amines is 1. The number of ether oxygens (including phenoxy) is 1. The van der Waals surface area contributed by atoms with Crippen molar-refractivity contribution < 1.29 is 13.9 Å². The second kappa shape index (κ2) is 6.69. The number of nitrogens with one attached hydrogen (secondary N) is 1. The maximum absolute atomic E-state index is 11.8. The lowest BCUT2D eigenvalue weighted by Gasteiger charge is -2.03. The minimum Gasteiger partial charge on any atom is -0.465 e. The van der Waals surface area contributed by atoms with E-state index in [1.807, 2.05) is 61.5 Å². The van der Waals surface area contributed by atoms with Gasteiger partial charge >= 0.3 is 5.97 Å². The normalized spacial score (nSPS) is 11.2. The number of rotatable bonds is 5. The third-order valence-electron chi connectivity index (χ3n) is 3.97. The molecule has 2 heterocycles. The minimum atomic E-state index is -0.215. The van der Waals surface area contributed by atoms with E-state index in [4.69, 9.17) is 9.15 Å². The van der Waals surface area contributed by atoms with Crippen molar-refractivity contribution >= 4 is 39.6 Å². The van der Waals surface area contributed by atoms with Crippen LogP contribution in [0.3, 0.4) is 0 Å². The van der Waals surface area contributed by atoms with Crippen molar-refractivity contribution in [1.82, 2.24) is 4.98 Å². The van der Waals surface area contributed by atoms with Gasteiger partial charge in [-0.15, -0.1) is 11.8 Å². The summed E-state index contributed by atoms with van der Waals surface area (Å²) in [4.78, 5) is 16.2. The molecule has 0 amide bonds. The van der Waals surface area contributed by atoms with Gasteiger partial charge < -0.3 is 14.1 Å². The number of fused-ring (bicyclic) bond motifs is 2. The van der Waals surface area contributed by atoms with E-state index >= 15 is 0 Å². The zero-order chi connectivity index (χ0) is 17.2. The number of H-pyrrole nitrogens is 1. The van der Waals surface area contributed by atoms with Gasteiger partial charge in [0.25, 0.3) is 0 Å². The van der Waals surface area contributed by atoms with Crippen LogP contribution in [-0.2, 0) is 9.53 Å². The summed E-state index contributed by atoms with van der Waals surface area (Å²) in [5.74, 6) is 0.820. The predicted octanol–water partition coefficient (Wildman–Crippen LogP) is 5.24. The molecule has 0 spiro atoms. The molecule has 0 saturated carbocycles. The van der Waals surface area contributed by atoms with E-state index in [1.54, 1.807) is 0 Å². The molecular formula is C20H17NO3S. The van der Waals surface area contributed by atoms with E-state index in [0.29, 0.717) is 6.61 Å². The zero-order valence-corrected chi connectivity index (χ0v) is 14.6. The highest BCUT2D eigenvalue weighted by molar-refractivity contribution is 8.00. The van der Waals surface area contributed by atoms with Crippen LogP contribution in [0.15, 0.2) is 63.9 Å². The van der Waals surface area contributed by atoms with Crippen LogP contribution in [0, 0.1) is 0 Å². The molecule has 0 atom stereocenters. The standard InChI is InChI=1S/C20H17NO3S/c1-2-23-18(22)12-25-20-14-8-4-5-9-15(14)21-19(20)17-11-13-7-3-6-10-16(13)24-17/h3-11,21H,2,12H2,1H3. The summed E-state index contributed by atoms with van der Waals surface area (Å²) in [7, 11) is 0. The number of carbonyl (C=O) groups excluding carboxylic acids is 1. The lowest BCUT2D eigenvalue weighted by Crippen LogP contribution is -2.06. The van der Waals surface area contributed by atoms with Crippen LogP contribution in [0.4, 0.5) is 0 Å². The molecular weight excluding hydrogens is 334 g/mol. The van der Waals surface area contributed by atoms with Gasteiger partial charge in [0.15, 0.2) is 5.76 Å². The van der Waals surface area contributed by atoms with E-state index in [-0.39, 0.29) is 11.7 Å². The molecule has 5 heteroatoms. The second-order valence-electron chi connectivity index (χ2n) is 5.62. The predicted molar refractivity (Wildman–Crippen MR) is 101 cm³/mol. The zero-order valence-electron chi connectivity index (χ0n) is 13.7. The van der Waals surface area contributed by atoms with Gasteiger partial charge in [-0.05, 0) is 25.1 Å². The van der Waals surface area contributed by atoms with Crippen LogP contribution < -0.4 is 0 Å². The average Bonchev–Trinajstić information content (AvgIpc) is 3.21.